The van der Waals surface area contributed by atoms with Crippen LogP contribution in [0, 0.1) is 5.92 Å². The highest BCUT2D eigenvalue weighted by Crippen LogP contribution is 2.34. The zero-order valence-electron chi connectivity index (χ0n) is 16.6. The minimum atomic E-state index is -0.0372. The number of imidazole rings is 1. The maximum absolute atomic E-state index is 13.4. The smallest absolute Gasteiger partial charge is 0.276 e. The third-order valence-corrected chi connectivity index (χ3v) is 6.40. The van der Waals surface area contributed by atoms with Crippen molar-refractivity contribution >= 4 is 22.1 Å². The second kappa shape index (κ2) is 6.95. The molecule has 152 valence electrons. The Hall–Kier alpha value is -3.19. The van der Waals surface area contributed by atoms with Gasteiger partial charge < -0.3 is 14.0 Å². The van der Waals surface area contributed by atoms with E-state index in [0.717, 1.165) is 53.9 Å². The molecule has 0 aliphatic carbocycles. The summed E-state index contributed by atoms with van der Waals surface area (Å²) in [6.07, 6.45) is 7.85. The van der Waals surface area contributed by atoms with Crippen LogP contribution in [0.2, 0.25) is 0 Å². The molecule has 4 aromatic rings. The van der Waals surface area contributed by atoms with Gasteiger partial charge in [-0.1, -0.05) is 18.2 Å². The fourth-order valence-electron chi connectivity index (χ4n) is 4.84. The minimum absolute atomic E-state index is 0.0372. The average molecular weight is 401 g/mol. The lowest BCUT2D eigenvalue weighted by molar-refractivity contribution is 0.114. The van der Waals surface area contributed by atoms with Gasteiger partial charge in [0, 0.05) is 49.8 Å². The summed E-state index contributed by atoms with van der Waals surface area (Å²) in [5.41, 5.74) is 2.83. The molecule has 2 saturated heterocycles. The second-order valence-electron chi connectivity index (χ2n) is 8.23. The number of aryl methyl sites for hydroxylation is 2. The maximum atomic E-state index is 13.4. The first-order chi connectivity index (χ1) is 14.8. The summed E-state index contributed by atoms with van der Waals surface area (Å²) < 4.78 is 9.43. The largest absolute Gasteiger partial charge is 0.376 e. The Morgan fingerprint density at radius 3 is 3.00 bits per heavy atom. The monoisotopic (exact) mass is 401 g/mol. The molecule has 2 unspecified atom stereocenters. The number of ether oxygens (including phenoxy) is 1. The molecule has 2 fully saturated rings. The van der Waals surface area contributed by atoms with E-state index in [-0.39, 0.29) is 5.56 Å². The quantitative estimate of drug-likeness (QED) is 0.526. The number of rotatable bonds is 4. The number of hydrogen-bond donors (Lipinski definition) is 0. The summed E-state index contributed by atoms with van der Waals surface area (Å²) in [6, 6.07) is 12.0. The molecule has 6 rings (SSSR count). The first-order valence-electron chi connectivity index (χ1n) is 10.5. The molecule has 0 saturated carbocycles. The first kappa shape index (κ1) is 17.7. The van der Waals surface area contributed by atoms with Crippen LogP contribution in [0.15, 0.2) is 59.8 Å². The van der Waals surface area contributed by atoms with Crippen LogP contribution in [0.25, 0.3) is 16.4 Å². The highest BCUT2D eigenvalue weighted by atomic mass is 16.5. The van der Waals surface area contributed by atoms with Gasteiger partial charge in [0.05, 0.1) is 35.6 Å². The SMILES string of the molecule is O=c1c2c(N3CC4CCOC4C3)cccc2cnn1CCc1cn2ccccc2n1. The van der Waals surface area contributed by atoms with Crippen molar-refractivity contribution in [3.63, 3.8) is 0 Å². The number of aromatic nitrogens is 4. The highest BCUT2D eigenvalue weighted by molar-refractivity contribution is 5.93. The van der Waals surface area contributed by atoms with E-state index >= 15 is 0 Å². The number of pyridine rings is 1. The van der Waals surface area contributed by atoms with Crippen molar-refractivity contribution in [3.05, 3.63) is 71.0 Å². The Morgan fingerprint density at radius 1 is 1.13 bits per heavy atom. The van der Waals surface area contributed by atoms with Gasteiger partial charge in [-0.3, -0.25) is 4.79 Å². The summed E-state index contributed by atoms with van der Waals surface area (Å²) in [5, 5.41) is 6.07. The fourth-order valence-corrected chi connectivity index (χ4v) is 4.84. The van der Waals surface area contributed by atoms with Crippen LogP contribution in [-0.4, -0.2) is 45.0 Å². The summed E-state index contributed by atoms with van der Waals surface area (Å²) in [7, 11) is 0. The highest BCUT2D eigenvalue weighted by Gasteiger charge is 2.38. The lowest BCUT2D eigenvalue weighted by Gasteiger charge is -2.21. The van der Waals surface area contributed by atoms with Crippen LogP contribution in [0.5, 0.6) is 0 Å². The normalized spacial score (nSPS) is 21.0. The zero-order valence-corrected chi connectivity index (χ0v) is 16.6. The molecule has 0 spiro atoms. The van der Waals surface area contributed by atoms with E-state index in [4.69, 9.17) is 4.74 Å². The molecule has 0 amide bonds. The summed E-state index contributed by atoms with van der Waals surface area (Å²) in [4.78, 5) is 20.3. The molecule has 5 heterocycles. The molecular formula is C23H23N5O2. The van der Waals surface area contributed by atoms with Crippen molar-refractivity contribution in [1.29, 1.82) is 0 Å². The van der Waals surface area contributed by atoms with Crippen LogP contribution in [-0.2, 0) is 17.7 Å². The van der Waals surface area contributed by atoms with Crippen LogP contribution in [0.4, 0.5) is 5.69 Å². The molecule has 2 aliphatic heterocycles. The van der Waals surface area contributed by atoms with Gasteiger partial charge in [0.2, 0.25) is 0 Å². The van der Waals surface area contributed by atoms with Gasteiger partial charge >= 0.3 is 0 Å². The lowest BCUT2D eigenvalue weighted by Crippen LogP contribution is -2.28. The standard InChI is InChI=1S/C23H23N5O2/c29-23-22-16(4-3-5-19(22)27-13-17-8-11-30-20(17)15-27)12-24-28(23)10-7-18-14-26-9-2-1-6-21(26)25-18/h1-6,9,12,14,17,20H,7-8,10-11,13,15H2. The number of anilines is 1. The average Bonchev–Trinajstić information content (AvgIpc) is 3.47. The Bertz CT molecular complexity index is 1250. The van der Waals surface area contributed by atoms with Gasteiger partial charge in [-0.25, -0.2) is 9.67 Å². The van der Waals surface area contributed by atoms with Gasteiger partial charge in [0.25, 0.3) is 5.56 Å². The number of hydrogen-bond acceptors (Lipinski definition) is 5. The molecule has 2 aliphatic rings. The molecule has 0 N–H and O–H groups in total. The van der Waals surface area contributed by atoms with Crippen molar-refractivity contribution in [3.8, 4) is 0 Å². The minimum Gasteiger partial charge on any atom is -0.376 e. The van der Waals surface area contributed by atoms with Gasteiger partial charge in [0.1, 0.15) is 5.65 Å². The molecule has 1 aromatic carbocycles. The molecular weight excluding hydrogens is 378 g/mol. The van der Waals surface area contributed by atoms with E-state index in [9.17, 15) is 4.79 Å². The lowest BCUT2D eigenvalue weighted by atomic mass is 10.1. The molecule has 3 aromatic heterocycles. The zero-order chi connectivity index (χ0) is 20.1. The Kier molecular flexibility index (Phi) is 4.09. The van der Waals surface area contributed by atoms with Gasteiger partial charge in [0.15, 0.2) is 0 Å². The van der Waals surface area contributed by atoms with E-state index in [1.165, 1.54) is 0 Å². The van der Waals surface area contributed by atoms with Crippen LogP contribution >= 0.6 is 0 Å². The number of benzene rings is 1. The van der Waals surface area contributed by atoms with Crippen molar-refractivity contribution in [2.45, 2.75) is 25.5 Å². The predicted octanol–water partition coefficient (Wildman–Crippen LogP) is 2.51. The summed E-state index contributed by atoms with van der Waals surface area (Å²) >= 11 is 0. The molecule has 0 radical (unpaired) electrons. The third kappa shape index (κ3) is 2.89. The predicted molar refractivity (Wildman–Crippen MR) is 115 cm³/mol. The van der Waals surface area contributed by atoms with Gasteiger partial charge in [-0.2, -0.15) is 5.10 Å². The molecule has 7 nitrogen and oxygen atoms in total. The van der Waals surface area contributed by atoms with Crippen molar-refractivity contribution in [2.24, 2.45) is 5.92 Å². The van der Waals surface area contributed by atoms with Gasteiger partial charge in [-0.15, -0.1) is 0 Å². The number of fused-ring (bicyclic) bond motifs is 3. The summed E-state index contributed by atoms with van der Waals surface area (Å²) in [6.45, 7) is 3.17. The molecule has 7 heteroatoms. The molecule has 2 atom stereocenters. The van der Waals surface area contributed by atoms with Crippen molar-refractivity contribution < 1.29 is 4.74 Å². The van der Waals surface area contributed by atoms with Gasteiger partial charge in [-0.05, 0) is 24.6 Å². The van der Waals surface area contributed by atoms with Crippen LogP contribution in [0.1, 0.15) is 12.1 Å². The maximum Gasteiger partial charge on any atom is 0.276 e. The topological polar surface area (TPSA) is 64.7 Å². The third-order valence-electron chi connectivity index (χ3n) is 6.40. The fraction of sp³-hybridized carbons (Fsp3) is 0.348. The van der Waals surface area contributed by atoms with Crippen molar-refractivity contribution in [1.82, 2.24) is 19.2 Å². The number of nitrogens with zero attached hydrogens (tertiary/aromatic N) is 5. The Balaban J connectivity index is 1.32. The Morgan fingerprint density at radius 2 is 2.10 bits per heavy atom. The van der Waals surface area contributed by atoms with E-state index in [0.29, 0.717) is 25.0 Å². The van der Waals surface area contributed by atoms with E-state index in [1.54, 1.807) is 10.9 Å². The van der Waals surface area contributed by atoms with E-state index in [2.05, 4.69) is 21.0 Å². The van der Waals surface area contributed by atoms with Crippen molar-refractivity contribution in [2.75, 3.05) is 24.6 Å². The van der Waals surface area contributed by atoms with Crippen LogP contribution < -0.4 is 10.5 Å². The van der Waals surface area contributed by atoms with Crippen LogP contribution in [0.3, 0.4) is 0 Å². The summed E-state index contributed by atoms with van der Waals surface area (Å²) in [5.74, 6) is 0.569. The first-order valence-corrected chi connectivity index (χ1v) is 10.5. The molecule has 0 bridgehead atoms. The Labute approximate surface area is 173 Å². The van der Waals surface area contributed by atoms with E-state index in [1.807, 2.05) is 47.1 Å². The second-order valence-corrected chi connectivity index (χ2v) is 8.23. The van der Waals surface area contributed by atoms with E-state index < -0.39 is 0 Å². The molecule has 30 heavy (non-hydrogen) atoms.